The number of aromatic nitrogens is 1. The average Bonchev–Trinajstić information content (AvgIpc) is 2.92. The van der Waals surface area contributed by atoms with Crippen molar-refractivity contribution in [1.82, 2.24) is 4.98 Å². The van der Waals surface area contributed by atoms with Crippen LogP contribution in [0.5, 0.6) is 0 Å². The van der Waals surface area contributed by atoms with E-state index in [2.05, 4.69) is 10.3 Å². The summed E-state index contributed by atoms with van der Waals surface area (Å²) in [5, 5.41) is 11.5. The number of allylic oxidation sites excluding steroid dienone is 1. The second kappa shape index (κ2) is 6.99. The van der Waals surface area contributed by atoms with E-state index < -0.39 is 17.6 Å². The summed E-state index contributed by atoms with van der Waals surface area (Å²) in [4.78, 5) is 27.8. The molecule has 0 radical (unpaired) electrons. The minimum atomic E-state index is -1.44. The highest BCUT2D eigenvalue weighted by Crippen LogP contribution is 2.10. The number of nitrogens with one attached hydrogen (secondary N) is 1. The monoisotopic (exact) mass is 295 g/mol. The summed E-state index contributed by atoms with van der Waals surface area (Å²) < 4.78 is 5.27. The predicted octanol–water partition coefficient (Wildman–Crippen LogP) is 2.34. The van der Waals surface area contributed by atoms with Gasteiger partial charge in [0, 0.05) is 6.20 Å². The Morgan fingerprint density at radius 2 is 2.18 bits per heavy atom. The first kappa shape index (κ1) is 15.2. The molecule has 22 heavy (non-hydrogen) atoms. The number of ketones is 1. The summed E-state index contributed by atoms with van der Waals surface area (Å²) in [5.41, 5.74) is 0. The third kappa shape index (κ3) is 3.90. The maximum atomic E-state index is 12.0. The highest BCUT2D eigenvalue weighted by Gasteiger charge is 2.24. The maximum Gasteiger partial charge on any atom is 0.250 e. The van der Waals surface area contributed by atoms with Crippen molar-refractivity contribution < 1.29 is 14.0 Å². The number of amides is 1. The standard InChI is InChI=1S/C16H13N3O3/c1-11-5-6-12(22-11)7-8-14(20)13(10-17)16(21)19-15-4-2-3-9-18-15/h2-9,13H,1H3,(H,18,19,21)/b8-7-/t13-/m0/s1. The van der Waals surface area contributed by atoms with E-state index in [-0.39, 0.29) is 5.82 Å². The van der Waals surface area contributed by atoms with Crippen molar-refractivity contribution in [3.05, 3.63) is 54.1 Å². The highest BCUT2D eigenvalue weighted by molar-refractivity contribution is 6.13. The van der Waals surface area contributed by atoms with Crippen molar-refractivity contribution in [2.45, 2.75) is 6.92 Å². The van der Waals surface area contributed by atoms with E-state index in [4.69, 9.17) is 9.68 Å². The van der Waals surface area contributed by atoms with Crippen LogP contribution in [0.25, 0.3) is 6.08 Å². The molecule has 110 valence electrons. The molecule has 2 aromatic rings. The Hall–Kier alpha value is -3.20. The van der Waals surface area contributed by atoms with Crippen LogP contribution in [0.4, 0.5) is 5.82 Å². The third-order valence-corrected chi connectivity index (χ3v) is 2.76. The van der Waals surface area contributed by atoms with Gasteiger partial charge < -0.3 is 9.73 Å². The molecule has 2 rings (SSSR count). The smallest absolute Gasteiger partial charge is 0.250 e. The predicted molar refractivity (Wildman–Crippen MR) is 79.5 cm³/mol. The summed E-state index contributed by atoms with van der Waals surface area (Å²) in [5.74, 6) is -1.30. The topological polar surface area (TPSA) is 96.0 Å². The summed E-state index contributed by atoms with van der Waals surface area (Å²) in [6.45, 7) is 1.78. The van der Waals surface area contributed by atoms with Crippen LogP contribution >= 0.6 is 0 Å². The molecule has 2 heterocycles. The molecule has 1 amide bonds. The van der Waals surface area contributed by atoms with Gasteiger partial charge in [-0.3, -0.25) is 9.59 Å². The van der Waals surface area contributed by atoms with Crippen molar-refractivity contribution in [1.29, 1.82) is 5.26 Å². The second-order valence-electron chi connectivity index (χ2n) is 4.45. The molecule has 0 saturated heterocycles. The van der Waals surface area contributed by atoms with E-state index in [1.165, 1.54) is 12.3 Å². The number of hydrogen-bond donors (Lipinski definition) is 1. The quantitative estimate of drug-likeness (QED) is 0.674. The van der Waals surface area contributed by atoms with E-state index in [1.807, 2.05) is 0 Å². The maximum absolute atomic E-state index is 12.0. The lowest BCUT2D eigenvalue weighted by molar-refractivity contribution is -0.126. The van der Waals surface area contributed by atoms with Gasteiger partial charge in [-0.15, -0.1) is 0 Å². The molecule has 2 aromatic heterocycles. The molecule has 6 heteroatoms. The first-order valence-corrected chi connectivity index (χ1v) is 6.50. The largest absolute Gasteiger partial charge is 0.462 e. The van der Waals surface area contributed by atoms with Crippen molar-refractivity contribution in [3.63, 3.8) is 0 Å². The van der Waals surface area contributed by atoms with Gasteiger partial charge >= 0.3 is 0 Å². The van der Waals surface area contributed by atoms with Crippen LogP contribution in [0.1, 0.15) is 11.5 Å². The third-order valence-electron chi connectivity index (χ3n) is 2.76. The van der Waals surface area contributed by atoms with Gasteiger partial charge in [0.05, 0.1) is 6.07 Å². The number of furan rings is 1. The molecule has 0 saturated carbocycles. The molecule has 0 aliphatic heterocycles. The molecule has 0 spiro atoms. The fourth-order valence-corrected chi connectivity index (χ4v) is 1.69. The molecule has 0 aromatic carbocycles. The minimum absolute atomic E-state index is 0.284. The highest BCUT2D eigenvalue weighted by atomic mass is 16.3. The Morgan fingerprint density at radius 1 is 1.36 bits per heavy atom. The zero-order valence-corrected chi connectivity index (χ0v) is 11.8. The Balaban J connectivity index is 2.04. The number of carbonyl (C=O) groups is 2. The van der Waals surface area contributed by atoms with Gasteiger partial charge in [0.15, 0.2) is 11.7 Å². The first-order valence-electron chi connectivity index (χ1n) is 6.50. The van der Waals surface area contributed by atoms with E-state index >= 15 is 0 Å². The average molecular weight is 295 g/mol. The van der Waals surface area contributed by atoms with Gasteiger partial charge in [0.1, 0.15) is 17.3 Å². The number of carbonyl (C=O) groups excluding carboxylic acids is 2. The SMILES string of the molecule is Cc1ccc(/C=C\C(=O)[C@H](C#N)C(=O)Nc2ccccn2)o1. The zero-order valence-electron chi connectivity index (χ0n) is 11.8. The van der Waals surface area contributed by atoms with Crippen LogP contribution in [0.15, 0.2) is 47.0 Å². The fraction of sp³-hybridized carbons (Fsp3) is 0.125. The molecule has 6 nitrogen and oxygen atoms in total. The second-order valence-corrected chi connectivity index (χ2v) is 4.45. The minimum Gasteiger partial charge on any atom is -0.462 e. The summed E-state index contributed by atoms with van der Waals surface area (Å²) >= 11 is 0. The molecule has 0 unspecified atom stereocenters. The van der Waals surface area contributed by atoms with Crippen LogP contribution < -0.4 is 5.32 Å². The Labute approximate surface area is 127 Å². The fourth-order valence-electron chi connectivity index (χ4n) is 1.69. The van der Waals surface area contributed by atoms with Gasteiger partial charge in [-0.05, 0) is 43.3 Å². The van der Waals surface area contributed by atoms with Crippen LogP contribution in [0.2, 0.25) is 0 Å². The number of rotatable bonds is 5. The van der Waals surface area contributed by atoms with Crippen molar-refractivity contribution in [3.8, 4) is 6.07 Å². The molecule has 1 atom stereocenters. The lowest BCUT2D eigenvalue weighted by Crippen LogP contribution is -2.27. The Morgan fingerprint density at radius 3 is 2.77 bits per heavy atom. The molecular formula is C16H13N3O3. The normalized spacial score (nSPS) is 11.8. The van der Waals surface area contributed by atoms with E-state index in [1.54, 1.807) is 43.3 Å². The number of aryl methyl sites for hydroxylation is 1. The lowest BCUT2D eigenvalue weighted by Gasteiger charge is -2.06. The van der Waals surface area contributed by atoms with E-state index in [0.717, 1.165) is 6.08 Å². The number of nitrogens with zero attached hydrogens (tertiary/aromatic N) is 2. The van der Waals surface area contributed by atoms with Gasteiger partial charge in [0.2, 0.25) is 0 Å². The number of pyridine rings is 1. The molecule has 0 bridgehead atoms. The van der Waals surface area contributed by atoms with Crippen molar-refractivity contribution in [2.75, 3.05) is 5.32 Å². The van der Waals surface area contributed by atoms with E-state index in [0.29, 0.717) is 11.5 Å². The molecule has 1 N–H and O–H groups in total. The number of nitriles is 1. The molecule has 0 aliphatic carbocycles. The van der Waals surface area contributed by atoms with Gasteiger partial charge in [-0.2, -0.15) is 5.26 Å². The van der Waals surface area contributed by atoms with Gasteiger partial charge in [-0.1, -0.05) is 6.07 Å². The zero-order chi connectivity index (χ0) is 15.9. The lowest BCUT2D eigenvalue weighted by atomic mass is 10.0. The van der Waals surface area contributed by atoms with Crippen LogP contribution in [-0.2, 0) is 9.59 Å². The number of hydrogen-bond acceptors (Lipinski definition) is 5. The van der Waals surface area contributed by atoms with Gasteiger partial charge in [-0.25, -0.2) is 4.98 Å². The summed E-state index contributed by atoms with van der Waals surface area (Å²) in [6.07, 6.45) is 4.08. The summed E-state index contributed by atoms with van der Waals surface area (Å²) in [7, 11) is 0. The molecular weight excluding hydrogens is 282 g/mol. The van der Waals surface area contributed by atoms with Crippen LogP contribution in [0, 0.1) is 24.2 Å². The van der Waals surface area contributed by atoms with Crippen molar-refractivity contribution in [2.24, 2.45) is 5.92 Å². The van der Waals surface area contributed by atoms with E-state index in [9.17, 15) is 9.59 Å². The Bertz CT molecular complexity index is 741. The first-order chi connectivity index (χ1) is 10.6. The summed E-state index contributed by atoms with van der Waals surface area (Å²) in [6, 6.07) is 10.1. The Kier molecular flexibility index (Phi) is 4.83. The number of anilines is 1. The molecule has 0 fully saturated rings. The molecule has 0 aliphatic rings. The van der Waals surface area contributed by atoms with Gasteiger partial charge in [0.25, 0.3) is 5.91 Å². The van der Waals surface area contributed by atoms with Crippen molar-refractivity contribution >= 4 is 23.6 Å². The van der Waals surface area contributed by atoms with Crippen LogP contribution in [0.3, 0.4) is 0 Å². The van der Waals surface area contributed by atoms with Crippen LogP contribution in [-0.4, -0.2) is 16.7 Å².